The summed E-state index contributed by atoms with van der Waals surface area (Å²) in [6, 6.07) is 0. The number of hydrogen-bond donors (Lipinski definition) is 0. The Morgan fingerprint density at radius 2 is 0.528 bits per heavy atom. The Bertz CT molecular complexity index is 507. The zero-order valence-corrected chi connectivity index (χ0v) is 25.4. The van der Waals surface area contributed by atoms with E-state index in [4.69, 9.17) is 8.37 Å². The van der Waals surface area contributed by atoms with Crippen LogP contribution in [-0.2, 0) is 18.8 Å². The summed E-state index contributed by atoms with van der Waals surface area (Å²) < 4.78 is 33.6. The molecule has 0 aliphatic rings. The summed E-state index contributed by atoms with van der Waals surface area (Å²) in [6.07, 6.45) is 34.6. The van der Waals surface area contributed by atoms with Crippen LogP contribution in [0.25, 0.3) is 0 Å². The monoisotopic (exact) mass is 532 g/mol. The summed E-state index contributed by atoms with van der Waals surface area (Å²) in [5.74, 6) is 0. The average molecular weight is 533 g/mol. The fraction of sp³-hybridized carbons (Fsp3) is 1.00. The lowest BCUT2D eigenvalue weighted by Crippen LogP contribution is -2.12. The Kier molecular flexibility index (Phi) is 29.3. The molecule has 0 saturated carbocycles. The molecular formula is C31H64O4S. The van der Waals surface area contributed by atoms with Crippen molar-refractivity contribution in [3.63, 3.8) is 0 Å². The summed E-state index contributed by atoms with van der Waals surface area (Å²) in [6.45, 7) is 5.03. The topological polar surface area (TPSA) is 52.6 Å². The third-order valence-electron chi connectivity index (χ3n) is 7.20. The van der Waals surface area contributed by atoms with E-state index >= 15 is 0 Å². The first-order valence-electron chi connectivity index (χ1n) is 16.2. The van der Waals surface area contributed by atoms with E-state index in [1.54, 1.807) is 0 Å². The van der Waals surface area contributed by atoms with Gasteiger partial charge < -0.3 is 0 Å². The Balaban J connectivity index is 3.28. The van der Waals surface area contributed by atoms with Gasteiger partial charge in [0.25, 0.3) is 0 Å². The van der Waals surface area contributed by atoms with Crippen LogP contribution in [0.2, 0.25) is 0 Å². The number of unbranched alkanes of at least 4 members (excludes halogenated alkanes) is 25. The molecule has 0 rings (SSSR count). The van der Waals surface area contributed by atoms with Gasteiger partial charge in [-0.1, -0.05) is 174 Å². The molecule has 0 aromatic carbocycles. The van der Waals surface area contributed by atoms with Crippen LogP contribution in [0, 0.1) is 0 Å². The second kappa shape index (κ2) is 29.4. The summed E-state index contributed by atoms with van der Waals surface area (Å²) in [5, 5.41) is 0. The Morgan fingerprint density at radius 3 is 0.750 bits per heavy atom. The molecule has 0 amide bonds. The SMILES string of the molecule is CCCCCCCCCCCCCCCCCCOS(=O)(=O)OCCCCCCCCCCCCC. The minimum absolute atomic E-state index is 0.248. The van der Waals surface area contributed by atoms with Crippen molar-refractivity contribution in [3.8, 4) is 0 Å². The van der Waals surface area contributed by atoms with E-state index in [9.17, 15) is 8.42 Å². The molecule has 0 heterocycles. The Labute approximate surface area is 227 Å². The van der Waals surface area contributed by atoms with Crippen molar-refractivity contribution in [2.24, 2.45) is 0 Å². The second-order valence-electron chi connectivity index (χ2n) is 10.9. The van der Waals surface area contributed by atoms with Gasteiger partial charge in [0, 0.05) is 0 Å². The largest absolute Gasteiger partial charge is 0.399 e. The third kappa shape index (κ3) is 30.1. The number of rotatable bonds is 31. The van der Waals surface area contributed by atoms with E-state index in [0.717, 1.165) is 25.7 Å². The van der Waals surface area contributed by atoms with Crippen LogP contribution in [0.4, 0.5) is 0 Å². The zero-order chi connectivity index (χ0) is 26.4. The van der Waals surface area contributed by atoms with Crippen molar-refractivity contribution in [3.05, 3.63) is 0 Å². The first kappa shape index (κ1) is 35.9. The van der Waals surface area contributed by atoms with E-state index in [1.807, 2.05) is 0 Å². The lowest BCUT2D eigenvalue weighted by atomic mass is 10.0. The molecule has 0 spiro atoms. The van der Waals surface area contributed by atoms with Crippen LogP contribution in [0.15, 0.2) is 0 Å². The standard InChI is InChI=1S/C31H64O4S/c1-3-5-7-9-11-13-15-16-17-18-19-21-23-25-27-29-31-35-36(32,33)34-30-28-26-24-22-20-14-12-10-8-6-4-2/h3-31H2,1-2H3. The maximum atomic E-state index is 11.8. The third-order valence-corrected chi connectivity index (χ3v) is 8.11. The van der Waals surface area contributed by atoms with Crippen molar-refractivity contribution in [2.75, 3.05) is 13.2 Å². The maximum Gasteiger partial charge on any atom is 0.399 e. The van der Waals surface area contributed by atoms with Crippen molar-refractivity contribution < 1.29 is 16.8 Å². The molecule has 0 atom stereocenters. The van der Waals surface area contributed by atoms with Gasteiger partial charge in [-0.15, -0.1) is 0 Å². The highest BCUT2D eigenvalue weighted by molar-refractivity contribution is 7.81. The molecule has 0 aromatic rings. The molecule has 0 aromatic heterocycles. The molecule has 5 heteroatoms. The van der Waals surface area contributed by atoms with Gasteiger partial charge in [0.05, 0.1) is 13.2 Å². The van der Waals surface area contributed by atoms with Gasteiger partial charge in [0.15, 0.2) is 0 Å². The van der Waals surface area contributed by atoms with E-state index in [-0.39, 0.29) is 13.2 Å². The minimum Gasteiger partial charge on any atom is -0.248 e. The van der Waals surface area contributed by atoms with E-state index in [0.29, 0.717) is 0 Å². The van der Waals surface area contributed by atoms with Gasteiger partial charge in [0.2, 0.25) is 0 Å². The first-order valence-corrected chi connectivity index (χ1v) is 17.5. The van der Waals surface area contributed by atoms with Gasteiger partial charge in [-0.25, -0.2) is 8.37 Å². The van der Waals surface area contributed by atoms with E-state index < -0.39 is 10.4 Å². The summed E-state index contributed by atoms with van der Waals surface area (Å²) in [4.78, 5) is 0. The summed E-state index contributed by atoms with van der Waals surface area (Å²) >= 11 is 0. The highest BCUT2D eigenvalue weighted by atomic mass is 32.3. The van der Waals surface area contributed by atoms with E-state index in [2.05, 4.69) is 13.8 Å². The van der Waals surface area contributed by atoms with Crippen LogP contribution in [-0.4, -0.2) is 21.6 Å². The molecule has 0 aliphatic heterocycles. The van der Waals surface area contributed by atoms with Crippen LogP contribution >= 0.6 is 0 Å². The first-order chi connectivity index (χ1) is 17.6. The zero-order valence-electron chi connectivity index (χ0n) is 24.5. The lowest BCUT2D eigenvalue weighted by molar-refractivity contribution is 0.208. The molecule has 0 aliphatic carbocycles. The molecule has 0 radical (unpaired) electrons. The number of hydrogen-bond acceptors (Lipinski definition) is 4. The molecular weight excluding hydrogens is 468 g/mol. The highest BCUT2D eigenvalue weighted by Gasteiger charge is 2.11. The van der Waals surface area contributed by atoms with Crippen molar-refractivity contribution >= 4 is 10.4 Å². The van der Waals surface area contributed by atoms with Crippen molar-refractivity contribution in [1.29, 1.82) is 0 Å². The Hall–Kier alpha value is -0.130. The molecule has 4 nitrogen and oxygen atoms in total. The van der Waals surface area contributed by atoms with Gasteiger partial charge in [0.1, 0.15) is 0 Å². The molecule has 0 saturated heterocycles. The summed E-state index contributed by atoms with van der Waals surface area (Å²) in [7, 11) is -3.81. The van der Waals surface area contributed by atoms with Gasteiger partial charge >= 0.3 is 10.4 Å². The smallest absolute Gasteiger partial charge is 0.248 e. The second-order valence-corrected chi connectivity index (χ2v) is 12.2. The molecule has 0 bridgehead atoms. The van der Waals surface area contributed by atoms with Gasteiger partial charge in [-0.2, -0.15) is 8.42 Å². The van der Waals surface area contributed by atoms with Crippen molar-refractivity contribution in [2.45, 2.75) is 187 Å². The lowest BCUT2D eigenvalue weighted by Gasteiger charge is -2.07. The molecule has 0 fully saturated rings. The molecule has 36 heavy (non-hydrogen) atoms. The van der Waals surface area contributed by atoms with Crippen LogP contribution < -0.4 is 0 Å². The molecule has 0 unspecified atom stereocenters. The normalized spacial score (nSPS) is 11.9. The fourth-order valence-corrected chi connectivity index (χ4v) is 5.48. The van der Waals surface area contributed by atoms with Crippen LogP contribution in [0.5, 0.6) is 0 Å². The molecule has 218 valence electrons. The van der Waals surface area contributed by atoms with Gasteiger partial charge in [-0.05, 0) is 12.8 Å². The Morgan fingerprint density at radius 1 is 0.333 bits per heavy atom. The van der Waals surface area contributed by atoms with E-state index in [1.165, 1.54) is 148 Å². The minimum atomic E-state index is -3.81. The summed E-state index contributed by atoms with van der Waals surface area (Å²) in [5.41, 5.74) is 0. The van der Waals surface area contributed by atoms with Gasteiger partial charge in [-0.3, -0.25) is 0 Å². The van der Waals surface area contributed by atoms with Crippen molar-refractivity contribution in [1.82, 2.24) is 0 Å². The fourth-order valence-electron chi connectivity index (χ4n) is 4.77. The predicted molar refractivity (Wildman–Crippen MR) is 157 cm³/mol. The quantitative estimate of drug-likeness (QED) is 0.0833. The maximum absolute atomic E-state index is 11.8. The van der Waals surface area contributed by atoms with Crippen LogP contribution in [0.1, 0.15) is 187 Å². The van der Waals surface area contributed by atoms with Crippen LogP contribution in [0.3, 0.4) is 0 Å². The molecule has 0 N–H and O–H groups in total. The average Bonchev–Trinajstić information content (AvgIpc) is 2.86. The predicted octanol–water partition coefficient (Wildman–Crippen LogP) is 10.8. The highest BCUT2D eigenvalue weighted by Crippen LogP contribution is 2.14.